The first-order chi connectivity index (χ1) is 11.1. The van der Waals surface area contributed by atoms with Crippen molar-refractivity contribution < 1.29 is 4.79 Å². The van der Waals surface area contributed by atoms with E-state index in [2.05, 4.69) is 39.7 Å². The highest BCUT2D eigenvalue weighted by Crippen LogP contribution is 2.28. The number of nitrogens with one attached hydrogen (secondary N) is 2. The molecule has 0 bridgehead atoms. The first-order valence-electron chi connectivity index (χ1n) is 8.05. The molecule has 124 valence electrons. The highest BCUT2D eigenvalue weighted by molar-refractivity contribution is 7.15. The molecule has 0 spiro atoms. The molecule has 2 amide bonds. The monoisotopic (exact) mass is 334 g/mol. The third-order valence-electron chi connectivity index (χ3n) is 3.93. The minimum atomic E-state index is -0.257. The molecule has 0 unspecified atom stereocenters. The summed E-state index contributed by atoms with van der Waals surface area (Å²) in [4.78, 5) is 17.9. The van der Waals surface area contributed by atoms with Gasteiger partial charge in [-0.25, -0.2) is 9.78 Å². The molecule has 2 N–H and O–H groups in total. The lowest BCUT2D eigenvalue weighted by Gasteiger charge is -2.10. The Balaban J connectivity index is 1.56. The van der Waals surface area contributed by atoms with Crippen LogP contribution in [0.5, 0.6) is 0 Å². The minimum absolute atomic E-state index is 0.257. The molecular weight excluding hydrogens is 312 g/mol. The summed E-state index contributed by atoms with van der Waals surface area (Å²) in [6, 6.07) is 0.00620. The fourth-order valence-electron chi connectivity index (χ4n) is 2.71. The lowest BCUT2D eigenvalue weighted by atomic mass is 10.2. The molecule has 0 aromatic carbocycles. The third-order valence-corrected chi connectivity index (χ3v) is 5.00. The van der Waals surface area contributed by atoms with Crippen LogP contribution in [0.25, 0.3) is 0 Å². The van der Waals surface area contributed by atoms with E-state index in [0.717, 1.165) is 24.4 Å². The maximum absolute atomic E-state index is 12.1. The number of aryl methyl sites for hydroxylation is 2. The molecule has 3 rings (SSSR count). The number of anilines is 1. The molecule has 0 atom stereocenters. The van der Waals surface area contributed by atoms with Crippen molar-refractivity contribution in [2.24, 2.45) is 0 Å². The van der Waals surface area contributed by atoms with E-state index in [-0.39, 0.29) is 12.1 Å². The van der Waals surface area contributed by atoms with E-state index >= 15 is 0 Å². The molecule has 23 heavy (non-hydrogen) atoms. The number of hydrogen-bond acceptors (Lipinski definition) is 5. The number of carbonyl (C=O) groups is 1. The smallest absolute Gasteiger partial charge is 0.321 e. The molecule has 0 aliphatic heterocycles. The Morgan fingerprint density at radius 1 is 1.35 bits per heavy atom. The number of aromatic nitrogens is 4. The first-order valence-corrected chi connectivity index (χ1v) is 8.87. The second kappa shape index (κ2) is 7.08. The molecule has 8 heteroatoms. The van der Waals surface area contributed by atoms with E-state index in [4.69, 9.17) is 0 Å². The quantitative estimate of drug-likeness (QED) is 0.842. The fraction of sp³-hybridized carbons (Fsp3) is 0.600. The number of thiazole rings is 1. The molecule has 0 saturated heterocycles. The number of rotatable bonds is 4. The van der Waals surface area contributed by atoms with Crippen molar-refractivity contribution in [1.29, 1.82) is 0 Å². The molecule has 1 aliphatic rings. The van der Waals surface area contributed by atoms with Crippen molar-refractivity contribution >= 4 is 22.5 Å². The Morgan fingerprint density at radius 2 is 2.17 bits per heavy atom. The van der Waals surface area contributed by atoms with Gasteiger partial charge < -0.3 is 9.88 Å². The first kappa shape index (κ1) is 15.9. The van der Waals surface area contributed by atoms with Crippen LogP contribution < -0.4 is 10.6 Å². The summed E-state index contributed by atoms with van der Waals surface area (Å²) in [6.45, 7) is 4.44. The highest BCUT2D eigenvalue weighted by Gasteiger charge is 2.15. The van der Waals surface area contributed by atoms with Gasteiger partial charge in [0.25, 0.3) is 0 Å². The van der Waals surface area contributed by atoms with E-state index in [1.807, 2.05) is 4.57 Å². The summed E-state index contributed by atoms with van der Waals surface area (Å²) in [5, 5.41) is 14.3. The molecule has 2 aromatic heterocycles. The van der Waals surface area contributed by atoms with E-state index in [9.17, 15) is 4.79 Å². The summed E-state index contributed by atoms with van der Waals surface area (Å²) in [7, 11) is 0. The standard InChI is InChI=1S/C15H22N6OS/c1-10(2)21-9-17-20-13(21)8-16-14(22)19-15-18-11-6-4-3-5-7-12(11)23-15/h9-10H,3-8H2,1-2H3,(H2,16,18,19,22). The van der Waals surface area contributed by atoms with Crippen LogP contribution in [0.4, 0.5) is 9.93 Å². The van der Waals surface area contributed by atoms with E-state index < -0.39 is 0 Å². The predicted molar refractivity (Wildman–Crippen MR) is 89.6 cm³/mol. The summed E-state index contributed by atoms with van der Waals surface area (Å²) in [5.41, 5.74) is 1.15. The summed E-state index contributed by atoms with van der Waals surface area (Å²) < 4.78 is 1.94. The summed E-state index contributed by atoms with van der Waals surface area (Å²) in [5.74, 6) is 0.741. The Kier molecular flexibility index (Phi) is 4.90. The second-order valence-electron chi connectivity index (χ2n) is 6.01. The van der Waals surface area contributed by atoms with Crippen LogP contribution in [0.15, 0.2) is 6.33 Å². The van der Waals surface area contributed by atoms with Crippen molar-refractivity contribution in [3.63, 3.8) is 0 Å². The van der Waals surface area contributed by atoms with E-state index in [1.54, 1.807) is 17.7 Å². The van der Waals surface area contributed by atoms with Crippen LogP contribution in [0.1, 0.15) is 55.5 Å². The maximum atomic E-state index is 12.1. The number of urea groups is 1. The van der Waals surface area contributed by atoms with Gasteiger partial charge in [0.2, 0.25) is 0 Å². The average molecular weight is 334 g/mol. The SMILES string of the molecule is CC(C)n1cnnc1CNC(=O)Nc1nc2c(s1)CCCCC2. The summed E-state index contributed by atoms with van der Waals surface area (Å²) >= 11 is 1.59. The normalized spacial score (nSPS) is 14.4. The Labute approximate surface area is 139 Å². The fourth-order valence-corrected chi connectivity index (χ4v) is 3.75. The van der Waals surface area contributed by atoms with Gasteiger partial charge in [0, 0.05) is 10.9 Å². The van der Waals surface area contributed by atoms with Gasteiger partial charge in [0.05, 0.1) is 12.2 Å². The van der Waals surface area contributed by atoms with Gasteiger partial charge in [-0.05, 0) is 39.5 Å². The summed E-state index contributed by atoms with van der Waals surface area (Å²) in [6.07, 6.45) is 7.44. The molecular formula is C15H22N6OS. The topological polar surface area (TPSA) is 84.7 Å². The Morgan fingerprint density at radius 3 is 3.00 bits per heavy atom. The molecule has 0 saturated carbocycles. The molecule has 0 fully saturated rings. The van der Waals surface area contributed by atoms with Gasteiger partial charge >= 0.3 is 6.03 Å². The van der Waals surface area contributed by atoms with Crippen LogP contribution in [0.3, 0.4) is 0 Å². The second-order valence-corrected chi connectivity index (χ2v) is 7.09. The zero-order valence-corrected chi connectivity index (χ0v) is 14.3. The van der Waals surface area contributed by atoms with Crippen molar-refractivity contribution in [3.05, 3.63) is 22.7 Å². The largest absolute Gasteiger partial charge is 0.331 e. The molecule has 0 radical (unpaired) electrons. The van der Waals surface area contributed by atoms with Gasteiger partial charge in [-0.3, -0.25) is 5.32 Å². The van der Waals surface area contributed by atoms with Crippen molar-refractivity contribution in [2.75, 3.05) is 5.32 Å². The number of carbonyl (C=O) groups excluding carboxylic acids is 1. The predicted octanol–water partition coefficient (Wildman–Crippen LogP) is 2.91. The van der Waals surface area contributed by atoms with Gasteiger partial charge in [-0.15, -0.1) is 21.5 Å². The van der Waals surface area contributed by atoms with Crippen LogP contribution >= 0.6 is 11.3 Å². The number of hydrogen-bond donors (Lipinski definition) is 2. The van der Waals surface area contributed by atoms with E-state index in [1.165, 1.54) is 24.1 Å². The van der Waals surface area contributed by atoms with Crippen LogP contribution in [0.2, 0.25) is 0 Å². The van der Waals surface area contributed by atoms with Crippen molar-refractivity contribution in [1.82, 2.24) is 25.1 Å². The minimum Gasteiger partial charge on any atom is -0.331 e. The molecule has 2 heterocycles. The van der Waals surface area contributed by atoms with Gasteiger partial charge in [0.1, 0.15) is 6.33 Å². The molecule has 1 aliphatic carbocycles. The number of fused-ring (bicyclic) bond motifs is 1. The molecule has 2 aromatic rings. The van der Waals surface area contributed by atoms with Gasteiger partial charge in [0.15, 0.2) is 11.0 Å². The van der Waals surface area contributed by atoms with Crippen LogP contribution in [0, 0.1) is 0 Å². The molecule has 7 nitrogen and oxygen atoms in total. The lowest BCUT2D eigenvalue weighted by Crippen LogP contribution is -2.29. The third kappa shape index (κ3) is 3.87. The Hall–Kier alpha value is -1.96. The zero-order valence-electron chi connectivity index (χ0n) is 13.5. The van der Waals surface area contributed by atoms with Crippen molar-refractivity contribution in [3.8, 4) is 0 Å². The zero-order chi connectivity index (χ0) is 16.2. The average Bonchev–Trinajstić information content (AvgIpc) is 3.07. The van der Waals surface area contributed by atoms with Gasteiger partial charge in [-0.1, -0.05) is 6.42 Å². The maximum Gasteiger partial charge on any atom is 0.321 e. The van der Waals surface area contributed by atoms with Gasteiger partial charge in [-0.2, -0.15) is 0 Å². The van der Waals surface area contributed by atoms with Crippen LogP contribution in [-0.2, 0) is 19.4 Å². The van der Waals surface area contributed by atoms with Crippen molar-refractivity contribution in [2.45, 2.75) is 58.5 Å². The lowest BCUT2D eigenvalue weighted by molar-refractivity contribution is 0.251. The van der Waals surface area contributed by atoms with E-state index in [0.29, 0.717) is 11.7 Å². The van der Waals surface area contributed by atoms with Crippen LogP contribution in [-0.4, -0.2) is 25.8 Å². The number of amides is 2. The highest BCUT2D eigenvalue weighted by atomic mass is 32.1. The Bertz CT molecular complexity index is 654. The number of nitrogens with zero attached hydrogens (tertiary/aromatic N) is 4.